The molecule has 0 radical (unpaired) electrons. The first-order chi connectivity index (χ1) is 9.79. The smallest absolute Gasteiger partial charge is 0.254 e. The molecule has 104 valence electrons. The van der Waals surface area contributed by atoms with Gasteiger partial charge in [0.1, 0.15) is 10.8 Å². The Hall–Kier alpha value is -1.75. The number of furan rings is 1. The molecule has 2 heterocycles. The lowest BCUT2D eigenvalue weighted by Crippen LogP contribution is -2.30. The van der Waals surface area contributed by atoms with Gasteiger partial charge in [0.2, 0.25) is 0 Å². The van der Waals surface area contributed by atoms with E-state index in [1.807, 2.05) is 18.4 Å². The Kier molecular flexibility index (Phi) is 3.78. The molecule has 1 amide bonds. The molecule has 1 aliphatic carbocycles. The Balaban J connectivity index is 1.81. The van der Waals surface area contributed by atoms with Crippen molar-refractivity contribution in [1.29, 1.82) is 0 Å². The van der Waals surface area contributed by atoms with Crippen LogP contribution in [0.4, 0.5) is 0 Å². The van der Waals surface area contributed by atoms with E-state index in [4.69, 9.17) is 4.42 Å². The van der Waals surface area contributed by atoms with E-state index in [0.29, 0.717) is 5.56 Å². The van der Waals surface area contributed by atoms with Gasteiger partial charge in [0, 0.05) is 18.2 Å². The van der Waals surface area contributed by atoms with E-state index in [0.717, 1.165) is 35.6 Å². The SMILES string of the molecule is CSc1ncccc1C(=O)NC1CCCc2occc21. The number of aromatic nitrogens is 1. The van der Waals surface area contributed by atoms with E-state index in [-0.39, 0.29) is 11.9 Å². The molecular formula is C15H16N2O2S. The van der Waals surface area contributed by atoms with Gasteiger partial charge < -0.3 is 9.73 Å². The van der Waals surface area contributed by atoms with Crippen LogP contribution in [0.1, 0.15) is 40.6 Å². The fraction of sp³-hybridized carbons (Fsp3) is 0.333. The Bertz CT molecular complexity index is 624. The van der Waals surface area contributed by atoms with Crippen molar-refractivity contribution in [1.82, 2.24) is 10.3 Å². The molecule has 0 bridgehead atoms. The Labute approximate surface area is 122 Å². The highest BCUT2D eigenvalue weighted by molar-refractivity contribution is 7.98. The van der Waals surface area contributed by atoms with E-state index < -0.39 is 0 Å². The Morgan fingerprint density at radius 1 is 1.50 bits per heavy atom. The number of carbonyl (C=O) groups is 1. The number of nitrogens with zero attached hydrogens (tertiary/aromatic N) is 1. The van der Waals surface area contributed by atoms with Crippen LogP contribution in [-0.2, 0) is 6.42 Å². The van der Waals surface area contributed by atoms with Gasteiger partial charge in [-0.1, -0.05) is 0 Å². The van der Waals surface area contributed by atoms with Crippen LogP contribution in [0.15, 0.2) is 40.1 Å². The summed E-state index contributed by atoms with van der Waals surface area (Å²) in [7, 11) is 0. The van der Waals surface area contributed by atoms with Crippen molar-refractivity contribution >= 4 is 17.7 Å². The van der Waals surface area contributed by atoms with Crippen LogP contribution >= 0.6 is 11.8 Å². The number of hydrogen-bond donors (Lipinski definition) is 1. The summed E-state index contributed by atoms with van der Waals surface area (Å²) >= 11 is 1.48. The van der Waals surface area contributed by atoms with Gasteiger partial charge in [-0.15, -0.1) is 11.8 Å². The molecule has 2 aromatic rings. The lowest BCUT2D eigenvalue weighted by molar-refractivity contribution is 0.0928. The maximum atomic E-state index is 12.4. The fourth-order valence-corrected chi connectivity index (χ4v) is 3.15. The monoisotopic (exact) mass is 288 g/mol. The number of amides is 1. The molecule has 0 saturated heterocycles. The van der Waals surface area contributed by atoms with Gasteiger partial charge >= 0.3 is 0 Å². The second-order valence-corrected chi connectivity index (χ2v) is 5.57. The van der Waals surface area contributed by atoms with Gasteiger partial charge in [-0.3, -0.25) is 4.79 Å². The zero-order valence-electron chi connectivity index (χ0n) is 11.3. The van der Waals surface area contributed by atoms with Crippen LogP contribution < -0.4 is 5.32 Å². The highest BCUT2D eigenvalue weighted by Crippen LogP contribution is 2.31. The van der Waals surface area contributed by atoms with Crippen molar-refractivity contribution in [2.75, 3.05) is 6.26 Å². The Morgan fingerprint density at radius 2 is 2.40 bits per heavy atom. The summed E-state index contributed by atoms with van der Waals surface area (Å²) in [5.74, 6) is 0.930. The van der Waals surface area contributed by atoms with Gasteiger partial charge in [0.15, 0.2) is 0 Å². The summed E-state index contributed by atoms with van der Waals surface area (Å²) in [6, 6.07) is 5.60. The van der Waals surface area contributed by atoms with Crippen LogP contribution in [0.25, 0.3) is 0 Å². The van der Waals surface area contributed by atoms with E-state index in [2.05, 4.69) is 10.3 Å². The van der Waals surface area contributed by atoms with E-state index in [1.54, 1.807) is 18.5 Å². The summed E-state index contributed by atoms with van der Waals surface area (Å²) in [6.07, 6.45) is 8.27. The number of fused-ring (bicyclic) bond motifs is 1. The molecule has 0 fully saturated rings. The molecule has 1 N–H and O–H groups in total. The van der Waals surface area contributed by atoms with Crippen LogP contribution in [0.3, 0.4) is 0 Å². The van der Waals surface area contributed by atoms with Crippen LogP contribution in [0, 0.1) is 0 Å². The number of rotatable bonds is 3. The molecule has 5 heteroatoms. The second kappa shape index (κ2) is 5.71. The molecule has 0 aromatic carbocycles. The Morgan fingerprint density at radius 3 is 3.25 bits per heavy atom. The van der Waals surface area contributed by atoms with E-state index in [9.17, 15) is 4.79 Å². The van der Waals surface area contributed by atoms with E-state index >= 15 is 0 Å². The summed E-state index contributed by atoms with van der Waals surface area (Å²) < 4.78 is 5.45. The minimum atomic E-state index is -0.0681. The van der Waals surface area contributed by atoms with Crippen LogP contribution in [-0.4, -0.2) is 17.1 Å². The summed E-state index contributed by atoms with van der Waals surface area (Å²) in [5, 5.41) is 3.86. The maximum Gasteiger partial charge on any atom is 0.254 e. The molecule has 0 saturated carbocycles. The number of nitrogens with one attached hydrogen (secondary N) is 1. The van der Waals surface area contributed by atoms with Crippen molar-refractivity contribution in [3.05, 3.63) is 47.5 Å². The van der Waals surface area contributed by atoms with Crippen molar-refractivity contribution in [3.8, 4) is 0 Å². The van der Waals surface area contributed by atoms with Crippen molar-refractivity contribution in [3.63, 3.8) is 0 Å². The highest BCUT2D eigenvalue weighted by atomic mass is 32.2. The molecular weight excluding hydrogens is 272 g/mol. The number of pyridine rings is 1. The summed E-state index contributed by atoms with van der Waals surface area (Å²) in [4.78, 5) is 16.7. The molecule has 0 aliphatic heterocycles. The molecule has 20 heavy (non-hydrogen) atoms. The lowest BCUT2D eigenvalue weighted by atomic mass is 9.93. The van der Waals surface area contributed by atoms with Gasteiger partial charge in [-0.05, 0) is 37.3 Å². The molecule has 1 unspecified atom stereocenters. The predicted octanol–water partition coefficient (Wildman–Crippen LogP) is 3.20. The number of thioether (sulfide) groups is 1. The quantitative estimate of drug-likeness (QED) is 0.881. The van der Waals surface area contributed by atoms with Crippen LogP contribution in [0.5, 0.6) is 0 Å². The molecule has 0 spiro atoms. The van der Waals surface area contributed by atoms with E-state index in [1.165, 1.54) is 11.8 Å². The summed E-state index contributed by atoms with van der Waals surface area (Å²) in [6.45, 7) is 0. The summed E-state index contributed by atoms with van der Waals surface area (Å²) in [5.41, 5.74) is 1.75. The van der Waals surface area contributed by atoms with Gasteiger partial charge in [-0.2, -0.15) is 0 Å². The number of carbonyl (C=O) groups excluding carboxylic acids is 1. The molecule has 1 aliphatic rings. The third-order valence-corrected chi connectivity index (χ3v) is 4.28. The molecule has 4 nitrogen and oxygen atoms in total. The minimum Gasteiger partial charge on any atom is -0.469 e. The maximum absolute atomic E-state index is 12.4. The van der Waals surface area contributed by atoms with Gasteiger partial charge in [0.05, 0.1) is 17.9 Å². The first-order valence-corrected chi connectivity index (χ1v) is 7.88. The standard InChI is InChI=1S/C15H16N2O2S/c1-20-15-11(4-3-8-16-15)14(18)17-12-5-2-6-13-10(12)7-9-19-13/h3-4,7-9,12H,2,5-6H2,1H3,(H,17,18). The van der Waals surface area contributed by atoms with Crippen molar-refractivity contribution in [2.24, 2.45) is 0 Å². The molecule has 3 rings (SSSR count). The van der Waals surface area contributed by atoms with Gasteiger partial charge in [0.25, 0.3) is 5.91 Å². The van der Waals surface area contributed by atoms with Gasteiger partial charge in [-0.25, -0.2) is 4.98 Å². The topological polar surface area (TPSA) is 55.1 Å². The third-order valence-electron chi connectivity index (χ3n) is 3.57. The fourth-order valence-electron chi connectivity index (χ4n) is 2.60. The largest absolute Gasteiger partial charge is 0.469 e. The highest BCUT2D eigenvalue weighted by Gasteiger charge is 2.25. The molecule has 2 aromatic heterocycles. The predicted molar refractivity (Wildman–Crippen MR) is 77.9 cm³/mol. The minimum absolute atomic E-state index is 0.0416. The zero-order valence-corrected chi connectivity index (χ0v) is 12.1. The normalized spacial score (nSPS) is 17.6. The van der Waals surface area contributed by atoms with Crippen molar-refractivity contribution in [2.45, 2.75) is 30.3 Å². The first kappa shape index (κ1) is 13.2. The number of aryl methyl sites for hydroxylation is 1. The average molecular weight is 288 g/mol. The zero-order chi connectivity index (χ0) is 13.9. The lowest BCUT2D eigenvalue weighted by Gasteiger charge is -2.23. The number of hydrogen-bond acceptors (Lipinski definition) is 4. The third kappa shape index (κ3) is 2.45. The van der Waals surface area contributed by atoms with Crippen molar-refractivity contribution < 1.29 is 9.21 Å². The average Bonchev–Trinajstić information content (AvgIpc) is 2.96. The second-order valence-electron chi connectivity index (χ2n) is 4.78. The first-order valence-electron chi connectivity index (χ1n) is 6.65. The van der Waals surface area contributed by atoms with Crippen LogP contribution in [0.2, 0.25) is 0 Å². The molecule has 1 atom stereocenters.